The maximum atomic E-state index is 13.5. The summed E-state index contributed by atoms with van der Waals surface area (Å²) in [5.41, 5.74) is 0. The second-order valence-electron chi connectivity index (χ2n) is 10.7. The van der Waals surface area contributed by atoms with E-state index in [0.29, 0.717) is 19.3 Å². The summed E-state index contributed by atoms with van der Waals surface area (Å²) < 4.78 is 96.4. The van der Waals surface area contributed by atoms with Gasteiger partial charge in [-0.05, 0) is 34.9 Å². The first-order valence-corrected chi connectivity index (χ1v) is 18.0. The number of phosphoric acid groups is 2. The summed E-state index contributed by atoms with van der Waals surface area (Å²) >= 11 is 0. The summed E-state index contributed by atoms with van der Waals surface area (Å²) in [7, 11) is -0.0292. The van der Waals surface area contributed by atoms with Crippen molar-refractivity contribution in [2.24, 2.45) is 0 Å². The fraction of sp³-hybridized carbons (Fsp3) is 1.00. The molecule has 0 aromatic carbocycles. The van der Waals surface area contributed by atoms with Crippen LogP contribution >= 0.6 is 24.2 Å². The molecule has 0 radical (unpaired) electrons. The van der Waals surface area contributed by atoms with Crippen LogP contribution in [-0.2, 0) is 64.3 Å². The summed E-state index contributed by atoms with van der Waals surface area (Å²) in [6, 6.07) is 0. The Bertz CT molecular complexity index is 918. The molecule has 42 heavy (non-hydrogen) atoms. The van der Waals surface area contributed by atoms with Crippen LogP contribution in [0.5, 0.6) is 0 Å². The average Bonchev–Trinajstić information content (AvgIpc) is 3.59. The molecule has 0 aromatic rings. The average molecular weight is 668 g/mol. The third-order valence-corrected chi connectivity index (χ3v) is 11.3. The molecule has 3 aliphatic rings. The van der Waals surface area contributed by atoms with Gasteiger partial charge in [-0.2, -0.15) is 0 Å². The lowest BCUT2D eigenvalue weighted by Gasteiger charge is -2.28. The van der Waals surface area contributed by atoms with Crippen molar-refractivity contribution in [3.63, 3.8) is 0 Å². The summed E-state index contributed by atoms with van der Waals surface area (Å²) in [5, 5.41) is 0. The molecule has 6 unspecified atom stereocenters. The summed E-state index contributed by atoms with van der Waals surface area (Å²) in [6.45, 7) is 5.61. The Labute approximate surface area is 250 Å². The largest absolute Gasteiger partial charge is 0.474 e. The van der Waals surface area contributed by atoms with Gasteiger partial charge in [0.15, 0.2) is 0 Å². The van der Waals surface area contributed by atoms with E-state index in [1.807, 2.05) is 39.5 Å². The van der Waals surface area contributed by atoms with Gasteiger partial charge in [0.05, 0.1) is 44.2 Å². The van der Waals surface area contributed by atoms with Gasteiger partial charge in [0.2, 0.25) is 0 Å². The van der Waals surface area contributed by atoms with Crippen molar-refractivity contribution in [3.05, 3.63) is 0 Å². The fourth-order valence-electron chi connectivity index (χ4n) is 5.03. The van der Waals surface area contributed by atoms with E-state index in [0.717, 1.165) is 0 Å². The molecule has 3 heterocycles. The highest BCUT2D eigenvalue weighted by Crippen LogP contribution is 2.55. The van der Waals surface area contributed by atoms with Crippen LogP contribution in [0.25, 0.3) is 0 Å². The van der Waals surface area contributed by atoms with Crippen molar-refractivity contribution < 1.29 is 64.3 Å². The number of rotatable bonds is 18. The topological polar surface area (TPSA) is 148 Å². The highest BCUT2D eigenvalue weighted by atomic mass is 31.2. The zero-order valence-electron chi connectivity index (χ0n) is 25.9. The molecule has 3 fully saturated rings. The zero-order chi connectivity index (χ0) is 31.1. The lowest BCUT2D eigenvalue weighted by molar-refractivity contribution is -0.0458. The number of phosphoric ester groups is 2. The quantitative estimate of drug-likeness (QED) is 0.191. The van der Waals surface area contributed by atoms with Crippen LogP contribution in [-0.4, -0.2) is 122 Å². The maximum absolute atomic E-state index is 13.5. The summed E-state index contributed by atoms with van der Waals surface area (Å²) in [4.78, 5) is 0. The molecular formula is C24H48NO14P3. The smallest absolute Gasteiger partial charge is 0.382 e. The maximum Gasteiger partial charge on any atom is 0.474 e. The van der Waals surface area contributed by atoms with Crippen LogP contribution in [0.2, 0.25) is 0 Å². The molecule has 248 valence electrons. The minimum absolute atomic E-state index is 0.0876. The standard InChI is InChI=1S/C24H48NO14P3/c1-16-10-19(37-40(29-7)25(4)5)23(35-16)14-32-41(26,30-8)39-21-12-18(3)36-24(21)15-33-42(27,31-9)38-20-11-17(2)34-22(20)13-28-6/h16-24H,10-15H2,1-9H3/t16-,17-,18-,19?,20?,21?,22+,23+,24+,40?,41?,42?/m0/s1. The molecule has 3 saturated heterocycles. The van der Waals surface area contributed by atoms with E-state index in [4.69, 9.17) is 55.1 Å². The predicted octanol–water partition coefficient (Wildman–Crippen LogP) is 4.30. The third kappa shape index (κ3) is 10.5. The molecule has 3 rings (SSSR count). The molecule has 0 bridgehead atoms. The van der Waals surface area contributed by atoms with Crippen LogP contribution in [0.1, 0.15) is 40.0 Å². The Morgan fingerprint density at radius 3 is 1.48 bits per heavy atom. The molecular weight excluding hydrogens is 619 g/mol. The van der Waals surface area contributed by atoms with E-state index < -0.39 is 54.7 Å². The minimum Gasteiger partial charge on any atom is -0.382 e. The van der Waals surface area contributed by atoms with E-state index in [-0.39, 0.29) is 44.2 Å². The van der Waals surface area contributed by atoms with Crippen LogP contribution in [0.15, 0.2) is 0 Å². The van der Waals surface area contributed by atoms with Crippen molar-refractivity contribution >= 4 is 24.2 Å². The molecule has 15 nitrogen and oxygen atoms in total. The van der Waals surface area contributed by atoms with E-state index in [2.05, 4.69) is 0 Å². The number of hydrogen-bond donors (Lipinski definition) is 0. The number of nitrogens with zero attached hydrogens (tertiary/aromatic N) is 1. The fourth-order valence-corrected chi connectivity index (χ4v) is 8.35. The lowest BCUT2D eigenvalue weighted by Crippen LogP contribution is -2.32. The van der Waals surface area contributed by atoms with Gasteiger partial charge < -0.3 is 28.0 Å². The summed E-state index contributed by atoms with van der Waals surface area (Å²) in [6.07, 6.45) is -2.28. The van der Waals surface area contributed by atoms with Crippen molar-refractivity contribution in [1.29, 1.82) is 0 Å². The molecule has 0 saturated carbocycles. The second kappa shape index (κ2) is 16.8. The van der Waals surface area contributed by atoms with Crippen LogP contribution in [0.3, 0.4) is 0 Å². The monoisotopic (exact) mass is 667 g/mol. The summed E-state index contributed by atoms with van der Waals surface area (Å²) in [5.74, 6) is 0. The van der Waals surface area contributed by atoms with Gasteiger partial charge in [-0.3, -0.25) is 27.1 Å². The first-order valence-electron chi connectivity index (χ1n) is 13.9. The van der Waals surface area contributed by atoms with Crippen LogP contribution < -0.4 is 0 Å². The van der Waals surface area contributed by atoms with Crippen molar-refractivity contribution in [1.82, 2.24) is 4.67 Å². The predicted molar refractivity (Wildman–Crippen MR) is 152 cm³/mol. The van der Waals surface area contributed by atoms with Gasteiger partial charge in [0.1, 0.15) is 30.5 Å². The minimum atomic E-state index is -4.06. The molecule has 0 spiro atoms. The molecule has 0 aliphatic carbocycles. The van der Waals surface area contributed by atoms with Crippen molar-refractivity contribution in [2.45, 2.75) is 95.0 Å². The Hall–Kier alpha value is 0.370. The Morgan fingerprint density at radius 1 is 0.690 bits per heavy atom. The molecule has 18 heteroatoms. The molecule has 0 N–H and O–H groups in total. The normalized spacial score (nSPS) is 37.2. The Kier molecular flexibility index (Phi) is 14.7. The lowest BCUT2D eigenvalue weighted by atomic mass is 10.1. The van der Waals surface area contributed by atoms with Gasteiger partial charge in [-0.15, -0.1) is 0 Å². The Morgan fingerprint density at radius 2 is 1.10 bits per heavy atom. The van der Waals surface area contributed by atoms with Gasteiger partial charge in [-0.25, -0.2) is 13.8 Å². The number of hydrogen-bond acceptors (Lipinski definition) is 15. The van der Waals surface area contributed by atoms with Gasteiger partial charge in [0.25, 0.3) is 8.53 Å². The molecule has 0 amide bonds. The first-order chi connectivity index (χ1) is 19.8. The molecule has 3 aliphatic heterocycles. The van der Waals surface area contributed by atoms with Gasteiger partial charge in [-0.1, -0.05) is 0 Å². The SMILES string of the molecule is COC[C@H]1O[C@@H](C)CC1OP(=O)(OC)OC[C@H]1O[C@@H](C)CC1OP(=O)(OC)OC[C@H]1O[C@@H](C)CC1OP(OC)N(C)C. The van der Waals surface area contributed by atoms with E-state index >= 15 is 0 Å². The van der Waals surface area contributed by atoms with Crippen molar-refractivity contribution in [2.75, 3.05) is 62.4 Å². The van der Waals surface area contributed by atoms with E-state index in [9.17, 15) is 9.13 Å². The van der Waals surface area contributed by atoms with Gasteiger partial charge in [0, 0.05) is 47.7 Å². The Balaban J connectivity index is 1.59. The van der Waals surface area contributed by atoms with Crippen LogP contribution in [0, 0.1) is 0 Å². The number of methoxy groups -OCH3 is 1. The van der Waals surface area contributed by atoms with Crippen molar-refractivity contribution in [3.8, 4) is 0 Å². The highest BCUT2D eigenvalue weighted by molar-refractivity contribution is 7.48. The van der Waals surface area contributed by atoms with E-state index in [1.54, 1.807) is 14.2 Å². The third-order valence-electron chi connectivity index (χ3n) is 6.97. The first kappa shape index (κ1) is 36.8. The zero-order valence-corrected chi connectivity index (χ0v) is 28.6. The molecule has 0 aromatic heterocycles. The van der Waals surface area contributed by atoms with Crippen LogP contribution in [0.4, 0.5) is 0 Å². The van der Waals surface area contributed by atoms with E-state index in [1.165, 1.54) is 14.2 Å². The van der Waals surface area contributed by atoms with Gasteiger partial charge >= 0.3 is 15.6 Å². The number of ether oxygens (including phenoxy) is 4. The second-order valence-corrected chi connectivity index (χ2v) is 16.0. The molecule has 12 atom stereocenters. The highest BCUT2D eigenvalue weighted by Gasteiger charge is 2.45.